The number of carbonyl (C=O) groups is 2. The van der Waals surface area contributed by atoms with E-state index in [0.29, 0.717) is 17.3 Å². The number of amides is 1. The number of hydrogen-bond acceptors (Lipinski definition) is 6. The number of nitrogens with zero attached hydrogens (tertiary/aromatic N) is 4. The molecule has 146 valence electrons. The molecule has 1 aliphatic rings. The van der Waals surface area contributed by atoms with E-state index in [1.165, 1.54) is 18.3 Å². The smallest absolute Gasteiger partial charge is 0.263 e. The topological polar surface area (TPSA) is 101 Å². The van der Waals surface area contributed by atoms with Gasteiger partial charge in [-0.15, -0.1) is 0 Å². The summed E-state index contributed by atoms with van der Waals surface area (Å²) >= 11 is 0. The van der Waals surface area contributed by atoms with Crippen molar-refractivity contribution in [3.8, 4) is 17.3 Å². The van der Waals surface area contributed by atoms with Crippen LogP contribution in [0.1, 0.15) is 12.5 Å². The zero-order chi connectivity index (χ0) is 20.4. The number of H-pyrrole nitrogens is 1. The molecule has 4 rings (SSSR count). The fraction of sp³-hybridized carbons (Fsp3) is 0.190. The van der Waals surface area contributed by atoms with Crippen molar-refractivity contribution in [1.82, 2.24) is 15.0 Å². The SMILES string of the molecule is COc1ccc(N2N=C(C)C(C(=O)Cc3cccc(-c4ncc[nH]4)c3)C2=O)cn1. The molecule has 1 atom stereocenters. The minimum absolute atomic E-state index is 0.131. The van der Waals surface area contributed by atoms with Gasteiger partial charge in [-0.05, 0) is 24.6 Å². The second-order valence-corrected chi connectivity index (χ2v) is 6.66. The Morgan fingerprint density at radius 3 is 2.79 bits per heavy atom. The van der Waals surface area contributed by atoms with Gasteiger partial charge in [-0.1, -0.05) is 18.2 Å². The van der Waals surface area contributed by atoms with Gasteiger partial charge in [0.1, 0.15) is 11.7 Å². The van der Waals surface area contributed by atoms with E-state index in [-0.39, 0.29) is 18.1 Å². The number of anilines is 1. The predicted octanol–water partition coefficient (Wildman–Crippen LogP) is 2.63. The number of methoxy groups -OCH3 is 1. The maximum Gasteiger partial charge on any atom is 0.263 e. The highest BCUT2D eigenvalue weighted by Crippen LogP contribution is 2.26. The van der Waals surface area contributed by atoms with Crippen LogP contribution in [0, 0.1) is 5.92 Å². The van der Waals surface area contributed by atoms with E-state index in [2.05, 4.69) is 20.1 Å². The van der Waals surface area contributed by atoms with Crippen LogP contribution in [0.3, 0.4) is 0 Å². The minimum atomic E-state index is -0.899. The van der Waals surface area contributed by atoms with E-state index < -0.39 is 5.92 Å². The van der Waals surface area contributed by atoms with Crippen molar-refractivity contribution in [2.45, 2.75) is 13.3 Å². The number of nitrogens with one attached hydrogen (secondary N) is 1. The Hall–Kier alpha value is -3.81. The van der Waals surface area contributed by atoms with Crippen molar-refractivity contribution in [2.75, 3.05) is 12.1 Å². The Morgan fingerprint density at radius 2 is 2.10 bits per heavy atom. The second-order valence-electron chi connectivity index (χ2n) is 6.66. The zero-order valence-electron chi connectivity index (χ0n) is 16.0. The van der Waals surface area contributed by atoms with Crippen molar-refractivity contribution in [3.05, 3.63) is 60.6 Å². The molecular formula is C21H19N5O3. The molecule has 0 bridgehead atoms. The molecule has 1 aromatic carbocycles. The van der Waals surface area contributed by atoms with E-state index >= 15 is 0 Å². The molecular weight excluding hydrogens is 370 g/mol. The van der Waals surface area contributed by atoms with Crippen LogP contribution in [0.2, 0.25) is 0 Å². The number of imidazole rings is 1. The first-order chi connectivity index (χ1) is 14.1. The number of aromatic nitrogens is 3. The molecule has 1 unspecified atom stereocenters. The molecule has 0 saturated carbocycles. The highest BCUT2D eigenvalue weighted by Gasteiger charge is 2.39. The molecule has 1 amide bonds. The predicted molar refractivity (Wildman–Crippen MR) is 108 cm³/mol. The van der Waals surface area contributed by atoms with Crippen molar-refractivity contribution in [3.63, 3.8) is 0 Å². The molecule has 0 spiro atoms. The van der Waals surface area contributed by atoms with Gasteiger partial charge >= 0.3 is 0 Å². The fourth-order valence-corrected chi connectivity index (χ4v) is 3.29. The van der Waals surface area contributed by atoms with E-state index in [1.54, 1.807) is 31.5 Å². The molecule has 2 aromatic heterocycles. The Balaban J connectivity index is 1.51. The van der Waals surface area contributed by atoms with Crippen LogP contribution in [-0.4, -0.2) is 39.5 Å². The molecule has 8 heteroatoms. The number of hydrazone groups is 1. The Morgan fingerprint density at radius 1 is 1.24 bits per heavy atom. The summed E-state index contributed by atoms with van der Waals surface area (Å²) < 4.78 is 5.03. The third kappa shape index (κ3) is 3.64. The summed E-state index contributed by atoms with van der Waals surface area (Å²) in [6.45, 7) is 1.69. The first-order valence-corrected chi connectivity index (χ1v) is 9.07. The highest BCUT2D eigenvalue weighted by molar-refractivity contribution is 6.27. The lowest BCUT2D eigenvalue weighted by atomic mass is 9.93. The lowest BCUT2D eigenvalue weighted by molar-refractivity contribution is -0.128. The Kier molecular flexibility index (Phi) is 4.90. The van der Waals surface area contributed by atoms with E-state index in [4.69, 9.17) is 4.74 Å². The van der Waals surface area contributed by atoms with Gasteiger partial charge in [0.2, 0.25) is 5.88 Å². The average molecular weight is 389 g/mol. The molecule has 0 fully saturated rings. The molecule has 3 aromatic rings. The van der Waals surface area contributed by atoms with Crippen molar-refractivity contribution in [2.24, 2.45) is 11.0 Å². The summed E-state index contributed by atoms with van der Waals surface area (Å²) in [6.07, 6.45) is 5.04. The van der Waals surface area contributed by atoms with Gasteiger partial charge in [0.05, 0.1) is 24.7 Å². The number of benzene rings is 1. The van der Waals surface area contributed by atoms with Crippen LogP contribution >= 0.6 is 0 Å². The molecule has 8 nitrogen and oxygen atoms in total. The number of ether oxygens (including phenoxy) is 1. The van der Waals surface area contributed by atoms with E-state index in [1.807, 2.05) is 24.3 Å². The first kappa shape index (κ1) is 18.5. The number of Topliss-reactive ketones (excluding diaryl/α,β-unsaturated/α-hetero) is 1. The fourth-order valence-electron chi connectivity index (χ4n) is 3.29. The quantitative estimate of drug-likeness (QED) is 0.653. The summed E-state index contributed by atoms with van der Waals surface area (Å²) in [5.41, 5.74) is 2.66. The standard InChI is InChI=1S/C21H19N5O3/c1-13-19(21(28)26(25-13)16-6-7-18(29-2)24-12-16)17(27)11-14-4-3-5-15(10-14)20-22-8-9-23-20/h3-10,12,19H,11H2,1-2H3,(H,22,23). The van der Waals surface area contributed by atoms with Gasteiger partial charge in [0.25, 0.3) is 5.91 Å². The maximum absolute atomic E-state index is 12.9. The van der Waals surface area contributed by atoms with Gasteiger partial charge in [-0.25, -0.2) is 9.97 Å². The summed E-state index contributed by atoms with van der Waals surface area (Å²) in [5.74, 6) is -0.305. The van der Waals surface area contributed by atoms with E-state index in [0.717, 1.165) is 17.0 Å². The third-order valence-corrected chi connectivity index (χ3v) is 4.70. The van der Waals surface area contributed by atoms with Crippen LogP contribution in [0.25, 0.3) is 11.4 Å². The summed E-state index contributed by atoms with van der Waals surface area (Å²) in [5, 5.41) is 5.51. The van der Waals surface area contributed by atoms with E-state index in [9.17, 15) is 9.59 Å². The van der Waals surface area contributed by atoms with Crippen LogP contribution in [0.15, 0.2) is 60.1 Å². The second kappa shape index (κ2) is 7.67. The summed E-state index contributed by atoms with van der Waals surface area (Å²) in [6, 6.07) is 10.9. The molecule has 29 heavy (non-hydrogen) atoms. The number of ketones is 1. The summed E-state index contributed by atoms with van der Waals surface area (Å²) in [4.78, 5) is 37.2. The molecule has 0 saturated heterocycles. The van der Waals surface area contributed by atoms with Crippen LogP contribution in [0.5, 0.6) is 5.88 Å². The Labute approximate surface area is 167 Å². The number of carbonyl (C=O) groups excluding carboxylic acids is 2. The van der Waals surface area contributed by atoms with Crippen LogP contribution < -0.4 is 9.75 Å². The number of aromatic amines is 1. The van der Waals surface area contributed by atoms with Crippen LogP contribution in [0.4, 0.5) is 5.69 Å². The lowest BCUT2D eigenvalue weighted by Crippen LogP contribution is -2.33. The number of rotatable bonds is 6. The number of hydrogen-bond donors (Lipinski definition) is 1. The molecule has 1 aliphatic heterocycles. The third-order valence-electron chi connectivity index (χ3n) is 4.70. The van der Waals surface area contributed by atoms with Gasteiger partial charge in [-0.3, -0.25) is 9.59 Å². The average Bonchev–Trinajstić information content (AvgIpc) is 3.36. The van der Waals surface area contributed by atoms with Gasteiger partial charge in [-0.2, -0.15) is 10.1 Å². The van der Waals surface area contributed by atoms with Gasteiger partial charge in [0.15, 0.2) is 5.78 Å². The molecule has 0 radical (unpaired) electrons. The monoisotopic (exact) mass is 389 g/mol. The zero-order valence-corrected chi connectivity index (χ0v) is 16.0. The first-order valence-electron chi connectivity index (χ1n) is 9.07. The molecule has 1 N–H and O–H groups in total. The van der Waals surface area contributed by atoms with Crippen molar-refractivity contribution < 1.29 is 14.3 Å². The molecule has 0 aliphatic carbocycles. The van der Waals surface area contributed by atoms with Gasteiger partial charge in [0, 0.05) is 30.4 Å². The van der Waals surface area contributed by atoms with Crippen LogP contribution in [-0.2, 0) is 16.0 Å². The highest BCUT2D eigenvalue weighted by atomic mass is 16.5. The lowest BCUT2D eigenvalue weighted by Gasteiger charge is -2.14. The summed E-state index contributed by atoms with van der Waals surface area (Å²) in [7, 11) is 1.51. The minimum Gasteiger partial charge on any atom is -0.481 e. The van der Waals surface area contributed by atoms with Crippen molar-refractivity contribution in [1.29, 1.82) is 0 Å². The van der Waals surface area contributed by atoms with Crippen molar-refractivity contribution >= 4 is 23.1 Å². The van der Waals surface area contributed by atoms with Gasteiger partial charge < -0.3 is 9.72 Å². The molecule has 3 heterocycles. The normalized spacial score (nSPS) is 16.1. The maximum atomic E-state index is 12.9. The number of pyridine rings is 1. The Bertz CT molecular complexity index is 1070. The largest absolute Gasteiger partial charge is 0.481 e.